The van der Waals surface area contributed by atoms with Crippen molar-refractivity contribution in [3.05, 3.63) is 65.0 Å². The van der Waals surface area contributed by atoms with E-state index in [1.807, 2.05) is 0 Å². The molecule has 0 saturated heterocycles. The minimum absolute atomic E-state index is 0.0805. The number of phenols is 1. The molecule has 0 amide bonds. The van der Waals surface area contributed by atoms with E-state index in [2.05, 4.69) is 5.32 Å². The van der Waals surface area contributed by atoms with Crippen molar-refractivity contribution in [2.45, 2.75) is 12.7 Å². The molecule has 0 spiro atoms. The standard InChI is InChI=1S/C14H11F3NO/c15-14(16,17)12-3-1-2-4-13(12)18-9-10-5-7-11(19)8-6-10/h1-8,19H,9H2/q-1. The van der Waals surface area contributed by atoms with Crippen molar-refractivity contribution in [1.29, 1.82) is 0 Å². The first-order chi connectivity index (χ1) is 8.97. The largest absolute Gasteiger partial charge is 0.680 e. The number of nitrogens with zero attached hydrogens (tertiary/aromatic N) is 1. The molecule has 2 aromatic rings. The molecule has 2 nitrogen and oxygen atoms in total. The SMILES string of the molecule is Oc1ccc(C[N-]c2ccccc2C(F)(F)F)cc1. The summed E-state index contributed by atoms with van der Waals surface area (Å²) in [5.41, 5.74) is -0.0911. The van der Waals surface area contributed by atoms with Gasteiger partial charge in [0.05, 0.1) is 0 Å². The van der Waals surface area contributed by atoms with Gasteiger partial charge in [0, 0.05) is 5.56 Å². The fraction of sp³-hybridized carbons (Fsp3) is 0.143. The predicted octanol–water partition coefficient (Wildman–Crippen LogP) is 4.62. The highest BCUT2D eigenvalue weighted by atomic mass is 19.4. The molecule has 2 rings (SSSR count). The Hall–Kier alpha value is -2.17. The molecule has 0 bridgehead atoms. The highest BCUT2D eigenvalue weighted by Crippen LogP contribution is 2.38. The zero-order chi connectivity index (χ0) is 13.9. The van der Waals surface area contributed by atoms with E-state index in [-0.39, 0.29) is 18.0 Å². The van der Waals surface area contributed by atoms with Crippen LogP contribution in [-0.2, 0) is 12.7 Å². The average molecular weight is 266 g/mol. The Labute approximate surface area is 108 Å². The lowest BCUT2D eigenvalue weighted by Gasteiger charge is -2.25. The molecule has 0 atom stereocenters. The topological polar surface area (TPSA) is 34.3 Å². The molecule has 0 heterocycles. The van der Waals surface area contributed by atoms with Gasteiger partial charge in [-0.05, 0) is 12.1 Å². The molecule has 1 N–H and O–H groups in total. The van der Waals surface area contributed by atoms with Gasteiger partial charge in [-0.2, -0.15) is 13.2 Å². The monoisotopic (exact) mass is 266 g/mol. The Bertz CT molecular complexity index is 549. The Balaban J connectivity index is 2.14. The van der Waals surface area contributed by atoms with Crippen molar-refractivity contribution in [3.8, 4) is 5.75 Å². The third-order valence-electron chi connectivity index (χ3n) is 2.58. The van der Waals surface area contributed by atoms with E-state index in [1.165, 1.54) is 30.3 Å². The molecule has 19 heavy (non-hydrogen) atoms. The first-order valence-corrected chi connectivity index (χ1v) is 5.58. The highest BCUT2D eigenvalue weighted by Gasteiger charge is 2.30. The lowest BCUT2D eigenvalue weighted by Crippen LogP contribution is -2.05. The summed E-state index contributed by atoms with van der Waals surface area (Å²) < 4.78 is 38.2. The zero-order valence-electron chi connectivity index (χ0n) is 9.85. The number of hydrogen-bond acceptors (Lipinski definition) is 1. The quantitative estimate of drug-likeness (QED) is 0.864. The summed E-state index contributed by atoms with van der Waals surface area (Å²) in [6, 6.07) is 11.4. The maximum atomic E-state index is 12.7. The van der Waals surface area contributed by atoms with Gasteiger partial charge in [0.2, 0.25) is 0 Å². The smallest absolute Gasteiger partial charge is 0.415 e. The van der Waals surface area contributed by atoms with Gasteiger partial charge in [-0.1, -0.05) is 42.0 Å². The van der Waals surface area contributed by atoms with Gasteiger partial charge in [0.15, 0.2) is 0 Å². The number of para-hydroxylation sites is 1. The van der Waals surface area contributed by atoms with E-state index < -0.39 is 11.7 Å². The van der Waals surface area contributed by atoms with Crippen LogP contribution in [0.3, 0.4) is 0 Å². The molecule has 5 heteroatoms. The molecule has 0 aliphatic carbocycles. The summed E-state index contributed by atoms with van der Waals surface area (Å²) in [5, 5.41) is 13.1. The minimum atomic E-state index is -4.41. The van der Waals surface area contributed by atoms with Crippen molar-refractivity contribution in [1.82, 2.24) is 0 Å². The molecular formula is C14H11F3NO-. The van der Waals surface area contributed by atoms with Crippen LogP contribution in [0.1, 0.15) is 11.1 Å². The summed E-state index contributed by atoms with van der Waals surface area (Å²) >= 11 is 0. The maximum Gasteiger partial charge on any atom is 0.415 e. The number of phenolic OH excluding ortho intramolecular Hbond substituents is 1. The summed E-state index contributed by atoms with van der Waals surface area (Å²) in [7, 11) is 0. The molecule has 100 valence electrons. The van der Waals surface area contributed by atoms with Gasteiger partial charge < -0.3 is 10.4 Å². The van der Waals surface area contributed by atoms with Gasteiger partial charge in [-0.15, -0.1) is 12.2 Å². The summed E-state index contributed by atoms with van der Waals surface area (Å²) in [5.74, 6) is 0.111. The molecular weight excluding hydrogens is 255 g/mol. The second-order valence-electron chi connectivity index (χ2n) is 4.00. The predicted molar refractivity (Wildman–Crippen MR) is 66.3 cm³/mol. The van der Waals surface area contributed by atoms with Gasteiger partial charge in [0.1, 0.15) is 5.75 Å². The van der Waals surface area contributed by atoms with Gasteiger partial charge in [0.25, 0.3) is 0 Å². The van der Waals surface area contributed by atoms with E-state index in [4.69, 9.17) is 5.11 Å². The number of hydrogen-bond donors (Lipinski definition) is 1. The molecule has 0 aliphatic heterocycles. The Kier molecular flexibility index (Phi) is 3.64. The Morgan fingerprint density at radius 2 is 1.58 bits per heavy atom. The summed E-state index contributed by atoms with van der Waals surface area (Å²) in [4.78, 5) is 0. The van der Waals surface area contributed by atoms with Crippen LogP contribution < -0.4 is 0 Å². The van der Waals surface area contributed by atoms with E-state index >= 15 is 0 Å². The molecule has 0 unspecified atom stereocenters. The fourth-order valence-corrected chi connectivity index (χ4v) is 1.63. The van der Waals surface area contributed by atoms with Gasteiger partial charge >= 0.3 is 6.18 Å². The lowest BCUT2D eigenvalue weighted by atomic mass is 10.1. The average Bonchev–Trinajstić information content (AvgIpc) is 2.37. The van der Waals surface area contributed by atoms with E-state index in [1.54, 1.807) is 12.1 Å². The van der Waals surface area contributed by atoms with Gasteiger partial charge in [-0.25, -0.2) is 0 Å². The molecule has 0 radical (unpaired) electrons. The van der Waals surface area contributed by atoms with Crippen molar-refractivity contribution in [2.24, 2.45) is 0 Å². The van der Waals surface area contributed by atoms with E-state index in [0.717, 1.165) is 11.6 Å². The second kappa shape index (κ2) is 5.22. The van der Waals surface area contributed by atoms with E-state index in [9.17, 15) is 13.2 Å². The number of rotatable bonds is 3. The Morgan fingerprint density at radius 1 is 0.947 bits per heavy atom. The highest BCUT2D eigenvalue weighted by molar-refractivity contribution is 5.57. The van der Waals surface area contributed by atoms with Crippen molar-refractivity contribution in [2.75, 3.05) is 0 Å². The zero-order valence-corrected chi connectivity index (χ0v) is 9.85. The first kappa shape index (κ1) is 13.3. The van der Waals surface area contributed by atoms with Crippen LogP contribution in [0, 0.1) is 0 Å². The minimum Gasteiger partial charge on any atom is -0.680 e. The van der Waals surface area contributed by atoms with Crippen LogP contribution in [0.5, 0.6) is 5.75 Å². The first-order valence-electron chi connectivity index (χ1n) is 5.58. The van der Waals surface area contributed by atoms with Crippen molar-refractivity contribution in [3.63, 3.8) is 0 Å². The lowest BCUT2D eigenvalue weighted by molar-refractivity contribution is -0.136. The van der Waals surface area contributed by atoms with E-state index in [0.29, 0.717) is 0 Å². The fourth-order valence-electron chi connectivity index (χ4n) is 1.63. The number of aromatic hydroxyl groups is 1. The third-order valence-corrected chi connectivity index (χ3v) is 2.58. The van der Waals surface area contributed by atoms with Crippen LogP contribution in [0.4, 0.5) is 18.9 Å². The number of alkyl halides is 3. The summed E-state index contributed by atoms with van der Waals surface area (Å²) in [6.45, 7) is 0.132. The van der Waals surface area contributed by atoms with Crippen LogP contribution in [0.15, 0.2) is 48.5 Å². The molecule has 0 aliphatic rings. The van der Waals surface area contributed by atoms with Crippen LogP contribution in [0.2, 0.25) is 0 Å². The van der Waals surface area contributed by atoms with Crippen molar-refractivity contribution < 1.29 is 18.3 Å². The second-order valence-corrected chi connectivity index (χ2v) is 4.00. The van der Waals surface area contributed by atoms with Crippen LogP contribution in [0.25, 0.3) is 5.32 Å². The van der Waals surface area contributed by atoms with Crippen LogP contribution >= 0.6 is 0 Å². The molecule has 0 fully saturated rings. The van der Waals surface area contributed by atoms with Crippen molar-refractivity contribution >= 4 is 5.69 Å². The molecule has 2 aromatic carbocycles. The third kappa shape index (κ3) is 3.40. The number of halogens is 3. The van der Waals surface area contributed by atoms with Crippen LogP contribution in [-0.4, -0.2) is 5.11 Å². The molecule has 0 saturated carbocycles. The Morgan fingerprint density at radius 3 is 2.21 bits per heavy atom. The number of benzene rings is 2. The molecule has 0 aromatic heterocycles. The van der Waals surface area contributed by atoms with Gasteiger partial charge in [-0.3, -0.25) is 0 Å². The maximum absolute atomic E-state index is 12.7. The summed E-state index contributed by atoms with van der Waals surface area (Å²) in [6.07, 6.45) is -4.41. The normalized spacial score (nSPS) is 11.3.